The van der Waals surface area contributed by atoms with Crippen molar-refractivity contribution in [1.82, 2.24) is 10.8 Å². The Hall–Kier alpha value is -2.91. The predicted molar refractivity (Wildman–Crippen MR) is 102 cm³/mol. The van der Waals surface area contributed by atoms with E-state index in [-0.39, 0.29) is 12.3 Å². The molecule has 6 nitrogen and oxygen atoms in total. The van der Waals surface area contributed by atoms with Gasteiger partial charge >= 0.3 is 6.18 Å². The molecule has 2 aromatic carbocycles. The van der Waals surface area contributed by atoms with Gasteiger partial charge < -0.3 is 10.2 Å². The quantitative estimate of drug-likeness (QED) is 0.516. The highest BCUT2D eigenvalue weighted by Gasteiger charge is 2.30. The molecule has 0 bridgehead atoms. The summed E-state index contributed by atoms with van der Waals surface area (Å²) in [6.45, 7) is 1.83. The van der Waals surface area contributed by atoms with Crippen molar-refractivity contribution in [2.75, 3.05) is 14.2 Å². The van der Waals surface area contributed by atoms with Gasteiger partial charge in [0.1, 0.15) is 13.2 Å². The number of amides is 1. The molecule has 29 heavy (non-hydrogen) atoms. The van der Waals surface area contributed by atoms with E-state index in [0.717, 1.165) is 12.1 Å². The minimum Gasteiger partial charge on any atom is -0.398 e. The lowest BCUT2D eigenvalue weighted by molar-refractivity contribution is -0.137. The van der Waals surface area contributed by atoms with Crippen LogP contribution in [-0.4, -0.2) is 25.8 Å². The molecule has 2 rings (SSSR count). The molecule has 0 heterocycles. The third-order valence-electron chi connectivity index (χ3n) is 4.10. The summed E-state index contributed by atoms with van der Waals surface area (Å²) in [5.41, 5.74) is 3.72. The van der Waals surface area contributed by atoms with Crippen LogP contribution < -0.4 is 10.8 Å². The van der Waals surface area contributed by atoms with Gasteiger partial charge in [0.05, 0.1) is 5.56 Å². The van der Waals surface area contributed by atoms with E-state index in [1.165, 1.54) is 20.2 Å². The number of nitrogens with one attached hydrogen (secondary N) is 2. The summed E-state index contributed by atoms with van der Waals surface area (Å²) in [6, 6.07) is 12.0. The van der Waals surface area contributed by atoms with E-state index in [4.69, 9.17) is 9.68 Å². The molecule has 0 saturated heterocycles. The largest absolute Gasteiger partial charge is 0.416 e. The van der Waals surface area contributed by atoms with Gasteiger partial charge in [-0.05, 0) is 30.2 Å². The van der Waals surface area contributed by atoms with Crippen LogP contribution in [0.25, 0.3) is 0 Å². The highest BCUT2D eigenvalue weighted by Crippen LogP contribution is 2.31. The summed E-state index contributed by atoms with van der Waals surface area (Å²) in [5, 5.41) is 6.27. The lowest BCUT2D eigenvalue weighted by Gasteiger charge is -2.17. The third kappa shape index (κ3) is 6.03. The van der Waals surface area contributed by atoms with Crippen LogP contribution in [0.15, 0.2) is 53.7 Å². The first-order valence-electron chi connectivity index (χ1n) is 8.75. The van der Waals surface area contributed by atoms with E-state index in [0.29, 0.717) is 16.7 Å². The van der Waals surface area contributed by atoms with Crippen LogP contribution in [0.5, 0.6) is 0 Å². The Labute approximate surface area is 166 Å². The lowest BCUT2D eigenvalue weighted by Crippen LogP contribution is -2.30. The first-order chi connectivity index (χ1) is 13.8. The van der Waals surface area contributed by atoms with Crippen LogP contribution in [0.3, 0.4) is 0 Å². The minimum absolute atomic E-state index is 0.0957. The first-order valence-corrected chi connectivity index (χ1v) is 8.75. The highest BCUT2D eigenvalue weighted by molar-refractivity contribution is 6.45. The minimum atomic E-state index is -4.42. The van der Waals surface area contributed by atoms with E-state index in [9.17, 15) is 18.0 Å². The number of alkyl halides is 3. The molecule has 156 valence electrons. The molecule has 0 saturated carbocycles. The zero-order chi connectivity index (χ0) is 21.4. The number of hydrogen-bond acceptors (Lipinski definition) is 5. The Morgan fingerprint density at radius 3 is 2.55 bits per heavy atom. The average molecular weight is 409 g/mol. The molecule has 2 N–H and O–H groups in total. The van der Waals surface area contributed by atoms with Gasteiger partial charge in [0.15, 0.2) is 5.71 Å². The Morgan fingerprint density at radius 2 is 1.90 bits per heavy atom. The molecule has 9 heteroatoms. The van der Waals surface area contributed by atoms with Gasteiger partial charge in [-0.25, -0.2) is 0 Å². The van der Waals surface area contributed by atoms with Gasteiger partial charge in [0.25, 0.3) is 5.91 Å². The third-order valence-corrected chi connectivity index (χ3v) is 4.10. The van der Waals surface area contributed by atoms with E-state index < -0.39 is 23.8 Å². The summed E-state index contributed by atoms with van der Waals surface area (Å²) in [4.78, 5) is 22.3. The van der Waals surface area contributed by atoms with Crippen molar-refractivity contribution >= 4 is 11.6 Å². The van der Waals surface area contributed by atoms with Crippen molar-refractivity contribution < 1.29 is 27.6 Å². The molecule has 1 atom stereocenters. The number of hydrogen-bond donors (Lipinski definition) is 2. The fourth-order valence-corrected chi connectivity index (χ4v) is 2.61. The molecule has 0 fully saturated rings. The maximum absolute atomic E-state index is 12.9. The smallest absolute Gasteiger partial charge is 0.398 e. The molecule has 0 spiro atoms. The molecule has 0 aliphatic carbocycles. The zero-order valence-electron chi connectivity index (χ0n) is 16.2. The molecular weight excluding hydrogens is 387 g/mol. The number of likely N-dealkylation sites (N-methyl/N-ethyl adjacent to an activating group) is 1. The Kier molecular flexibility index (Phi) is 7.74. The summed E-state index contributed by atoms with van der Waals surface area (Å²) >= 11 is 0. The molecule has 0 aliphatic rings. The Bertz CT molecular complexity index is 869. The molecular formula is C20H22F3N3O3. The number of benzene rings is 2. The zero-order valence-corrected chi connectivity index (χ0v) is 16.2. The van der Waals surface area contributed by atoms with Gasteiger partial charge in [0, 0.05) is 19.2 Å². The SMILES string of the molecule is CNC(=O)C(=NOC)c1ccccc1CNOC(C)c1cccc(C(F)(F)F)c1. The number of hydroxylamine groups is 1. The number of nitrogens with zero attached hydrogens (tertiary/aromatic N) is 1. The van der Waals surface area contributed by atoms with Gasteiger partial charge in [0.2, 0.25) is 0 Å². The fraction of sp³-hybridized carbons (Fsp3) is 0.300. The van der Waals surface area contributed by atoms with E-state index in [1.807, 2.05) is 0 Å². The summed E-state index contributed by atoms with van der Waals surface area (Å²) in [6.07, 6.45) is -5.05. The molecule has 1 amide bonds. The maximum Gasteiger partial charge on any atom is 0.416 e. The van der Waals surface area contributed by atoms with Crippen molar-refractivity contribution in [1.29, 1.82) is 0 Å². The second kappa shape index (κ2) is 10.0. The van der Waals surface area contributed by atoms with Crippen LogP contribution in [0.1, 0.15) is 35.3 Å². The van der Waals surface area contributed by atoms with Crippen molar-refractivity contribution in [2.45, 2.75) is 25.7 Å². The van der Waals surface area contributed by atoms with E-state index in [1.54, 1.807) is 37.3 Å². The number of oxime groups is 1. The van der Waals surface area contributed by atoms with E-state index in [2.05, 4.69) is 16.0 Å². The molecule has 2 aromatic rings. The van der Waals surface area contributed by atoms with Gasteiger partial charge in [-0.15, -0.1) is 0 Å². The molecule has 0 aromatic heterocycles. The second-order valence-electron chi connectivity index (χ2n) is 6.06. The van der Waals surface area contributed by atoms with E-state index >= 15 is 0 Å². The van der Waals surface area contributed by atoms with Crippen LogP contribution in [0.2, 0.25) is 0 Å². The second-order valence-corrected chi connectivity index (χ2v) is 6.06. The first kappa shape index (κ1) is 22.4. The Balaban J connectivity index is 2.10. The van der Waals surface area contributed by atoms with Gasteiger partial charge in [-0.1, -0.05) is 41.6 Å². The van der Waals surface area contributed by atoms with Crippen LogP contribution in [0.4, 0.5) is 13.2 Å². The Morgan fingerprint density at radius 1 is 1.17 bits per heavy atom. The number of carbonyl (C=O) groups is 1. The van der Waals surface area contributed by atoms with Crippen LogP contribution in [0, 0.1) is 0 Å². The predicted octanol–water partition coefficient (Wildman–Crippen LogP) is 3.58. The normalized spacial score (nSPS) is 13.1. The molecule has 0 radical (unpaired) electrons. The van der Waals surface area contributed by atoms with Crippen LogP contribution in [-0.2, 0) is 27.2 Å². The number of halogens is 3. The van der Waals surface area contributed by atoms with Gasteiger partial charge in [-0.2, -0.15) is 18.7 Å². The van der Waals surface area contributed by atoms with Gasteiger partial charge in [-0.3, -0.25) is 9.63 Å². The summed E-state index contributed by atoms with van der Waals surface area (Å²) < 4.78 is 38.6. The van der Waals surface area contributed by atoms with Crippen molar-refractivity contribution in [3.05, 3.63) is 70.8 Å². The highest BCUT2D eigenvalue weighted by atomic mass is 19.4. The summed E-state index contributed by atoms with van der Waals surface area (Å²) in [5.74, 6) is -0.419. The molecule has 1 unspecified atom stereocenters. The monoisotopic (exact) mass is 409 g/mol. The van der Waals surface area contributed by atoms with Crippen molar-refractivity contribution in [2.24, 2.45) is 5.16 Å². The number of rotatable bonds is 8. The van der Waals surface area contributed by atoms with Crippen molar-refractivity contribution in [3.8, 4) is 0 Å². The van der Waals surface area contributed by atoms with Crippen molar-refractivity contribution in [3.63, 3.8) is 0 Å². The fourth-order valence-electron chi connectivity index (χ4n) is 2.61. The standard InChI is InChI=1S/C20H22F3N3O3/c1-13(14-8-6-9-16(11-14)20(21,22)23)29-25-12-15-7-4-5-10-17(15)18(26-28-3)19(27)24-2/h4-11,13,25H,12H2,1-3H3,(H,24,27). The lowest BCUT2D eigenvalue weighted by atomic mass is 10.0. The molecule has 0 aliphatic heterocycles. The number of carbonyl (C=O) groups excluding carboxylic acids is 1. The topological polar surface area (TPSA) is 72.0 Å². The average Bonchev–Trinajstić information content (AvgIpc) is 2.71. The maximum atomic E-state index is 12.9. The van der Waals surface area contributed by atoms with Crippen LogP contribution >= 0.6 is 0 Å². The summed E-state index contributed by atoms with van der Waals surface area (Å²) in [7, 11) is 2.82.